The van der Waals surface area contributed by atoms with Gasteiger partial charge < -0.3 is 20.6 Å². The van der Waals surface area contributed by atoms with E-state index in [9.17, 15) is 9.59 Å². The van der Waals surface area contributed by atoms with Crippen LogP contribution in [-0.2, 0) is 9.59 Å². The molecule has 64 valence electrons. The van der Waals surface area contributed by atoms with Crippen LogP contribution in [0.2, 0.25) is 0 Å². The standard InChI is InChI=1S/C5H9NO5/c7-2-3(8)1-6-4(9)5(10)11/h3,7-8H,1-2H2,(H,6,9)(H,10,11). The number of hydrogen-bond donors (Lipinski definition) is 4. The molecule has 0 aliphatic carbocycles. The molecule has 0 aliphatic heterocycles. The van der Waals surface area contributed by atoms with Gasteiger partial charge in [0.25, 0.3) is 0 Å². The zero-order valence-electron chi connectivity index (χ0n) is 5.65. The fourth-order valence-corrected chi connectivity index (χ4v) is 0.351. The van der Waals surface area contributed by atoms with Crippen molar-refractivity contribution in [3.8, 4) is 0 Å². The second-order valence-electron chi connectivity index (χ2n) is 1.85. The lowest BCUT2D eigenvalue weighted by molar-refractivity contribution is -0.150. The second kappa shape index (κ2) is 4.64. The molecule has 11 heavy (non-hydrogen) atoms. The minimum Gasteiger partial charge on any atom is -0.474 e. The maximum absolute atomic E-state index is 10.3. The van der Waals surface area contributed by atoms with Gasteiger partial charge in [-0.1, -0.05) is 0 Å². The first-order valence-corrected chi connectivity index (χ1v) is 2.88. The molecule has 0 spiro atoms. The second-order valence-corrected chi connectivity index (χ2v) is 1.85. The molecule has 6 nitrogen and oxygen atoms in total. The van der Waals surface area contributed by atoms with E-state index in [-0.39, 0.29) is 6.54 Å². The Labute approximate surface area is 62.5 Å². The largest absolute Gasteiger partial charge is 0.474 e. The lowest BCUT2D eigenvalue weighted by Gasteiger charge is -2.05. The zero-order chi connectivity index (χ0) is 8.85. The molecule has 0 radical (unpaired) electrons. The Morgan fingerprint density at radius 1 is 1.45 bits per heavy atom. The molecule has 0 aliphatic rings. The van der Waals surface area contributed by atoms with Crippen molar-refractivity contribution in [2.24, 2.45) is 0 Å². The molecular formula is C5H9NO5. The predicted octanol–water partition coefficient (Wildman–Crippen LogP) is -2.46. The number of carboxylic acid groups (broad SMARTS) is 1. The van der Waals surface area contributed by atoms with Crippen LogP contribution in [0.15, 0.2) is 0 Å². The summed E-state index contributed by atoms with van der Waals surface area (Å²) < 4.78 is 0. The number of carbonyl (C=O) groups is 2. The molecule has 4 N–H and O–H groups in total. The summed E-state index contributed by atoms with van der Waals surface area (Å²) in [7, 11) is 0. The maximum atomic E-state index is 10.3. The summed E-state index contributed by atoms with van der Waals surface area (Å²) in [5.41, 5.74) is 0. The summed E-state index contributed by atoms with van der Waals surface area (Å²) in [6.07, 6.45) is -1.11. The van der Waals surface area contributed by atoms with Gasteiger partial charge in [0.2, 0.25) is 0 Å². The van der Waals surface area contributed by atoms with Gasteiger partial charge in [0.1, 0.15) is 0 Å². The van der Waals surface area contributed by atoms with Crippen molar-refractivity contribution < 1.29 is 24.9 Å². The molecular weight excluding hydrogens is 154 g/mol. The molecule has 1 unspecified atom stereocenters. The highest BCUT2D eigenvalue weighted by Crippen LogP contribution is 1.76. The van der Waals surface area contributed by atoms with Gasteiger partial charge >= 0.3 is 11.9 Å². The van der Waals surface area contributed by atoms with Crippen LogP contribution < -0.4 is 5.32 Å². The summed E-state index contributed by atoms with van der Waals surface area (Å²) in [5.74, 6) is -2.81. The zero-order valence-corrected chi connectivity index (χ0v) is 5.65. The Hall–Kier alpha value is -1.14. The van der Waals surface area contributed by atoms with Crippen LogP contribution in [0.1, 0.15) is 0 Å². The number of rotatable bonds is 3. The molecule has 0 bridgehead atoms. The Kier molecular flexibility index (Phi) is 4.16. The van der Waals surface area contributed by atoms with Crippen LogP contribution in [-0.4, -0.2) is 46.5 Å². The van der Waals surface area contributed by atoms with Crippen molar-refractivity contribution in [1.82, 2.24) is 5.32 Å². The van der Waals surface area contributed by atoms with Gasteiger partial charge in [0.05, 0.1) is 12.7 Å². The lowest BCUT2D eigenvalue weighted by atomic mass is 10.4. The summed E-state index contributed by atoms with van der Waals surface area (Å²) >= 11 is 0. The molecule has 0 aromatic heterocycles. The van der Waals surface area contributed by atoms with E-state index in [1.54, 1.807) is 0 Å². The Morgan fingerprint density at radius 2 is 2.00 bits per heavy atom. The Bertz CT molecular complexity index is 157. The summed E-state index contributed by atoms with van der Waals surface area (Å²) in [6.45, 7) is -0.776. The van der Waals surface area contributed by atoms with Crippen molar-refractivity contribution >= 4 is 11.9 Å². The quantitative estimate of drug-likeness (QED) is 0.345. The van der Waals surface area contributed by atoms with Gasteiger partial charge in [-0.15, -0.1) is 0 Å². The molecule has 0 aromatic carbocycles. The van der Waals surface area contributed by atoms with Gasteiger partial charge in [-0.05, 0) is 0 Å². The average molecular weight is 163 g/mol. The molecule has 1 atom stereocenters. The monoisotopic (exact) mass is 163 g/mol. The highest BCUT2D eigenvalue weighted by molar-refractivity contribution is 6.31. The van der Waals surface area contributed by atoms with E-state index in [2.05, 4.69) is 0 Å². The maximum Gasteiger partial charge on any atom is 0.394 e. The third-order valence-corrected chi connectivity index (χ3v) is 0.903. The molecule has 0 fully saturated rings. The molecule has 0 rings (SSSR count). The Morgan fingerprint density at radius 3 is 2.36 bits per heavy atom. The van der Waals surface area contributed by atoms with E-state index in [1.807, 2.05) is 5.32 Å². The number of aliphatic hydroxyl groups excluding tert-OH is 2. The SMILES string of the molecule is O=C(O)C(=O)NCC(O)CO. The molecule has 0 saturated carbocycles. The van der Waals surface area contributed by atoms with Crippen LogP contribution in [0.25, 0.3) is 0 Å². The minimum absolute atomic E-state index is 0.262. The Balaban J connectivity index is 3.54. The van der Waals surface area contributed by atoms with E-state index in [1.165, 1.54) is 0 Å². The van der Waals surface area contributed by atoms with Crippen LogP contribution in [0, 0.1) is 0 Å². The van der Waals surface area contributed by atoms with E-state index < -0.39 is 24.6 Å². The third-order valence-electron chi connectivity index (χ3n) is 0.903. The molecule has 1 amide bonds. The summed E-state index contributed by atoms with van der Waals surface area (Å²) in [5, 5.41) is 26.8. The molecule has 0 heterocycles. The first-order valence-electron chi connectivity index (χ1n) is 2.88. The topological polar surface area (TPSA) is 107 Å². The van der Waals surface area contributed by atoms with Gasteiger partial charge in [0, 0.05) is 6.54 Å². The van der Waals surface area contributed by atoms with Crippen molar-refractivity contribution in [2.45, 2.75) is 6.10 Å². The van der Waals surface area contributed by atoms with Crippen molar-refractivity contribution in [2.75, 3.05) is 13.2 Å². The van der Waals surface area contributed by atoms with Crippen LogP contribution in [0.3, 0.4) is 0 Å². The van der Waals surface area contributed by atoms with E-state index in [0.29, 0.717) is 0 Å². The van der Waals surface area contributed by atoms with Gasteiger partial charge in [-0.25, -0.2) is 4.79 Å². The number of carbonyl (C=O) groups excluding carboxylic acids is 1. The van der Waals surface area contributed by atoms with Crippen molar-refractivity contribution in [1.29, 1.82) is 0 Å². The highest BCUT2D eigenvalue weighted by Gasteiger charge is 2.11. The average Bonchev–Trinajstić information content (AvgIpc) is 1.99. The number of aliphatic carboxylic acids is 1. The van der Waals surface area contributed by atoms with E-state index in [0.717, 1.165) is 0 Å². The molecule has 6 heteroatoms. The minimum atomic E-state index is -1.62. The molecule has 0 aromatic rings. The number of hydrogen-bond acceptors (Lipinski definition) is 4. The van der Waals surface area contributed by atoms with Gasteiger partial charge in [-0.2, -0.15) is 0 Å². The van der Waals surface area contributed by atoms with Gasteiger partial charge in [-0.3, -0.25) is 4.79 Å². The van der Waals surface area contributed by atoms with Gasteiger partial charge in [0.15, 0.2) is 0 Å². The first kappa shape index (κ1) is 9.86. The molecule has 0 saturated heterocycles. The van der Waals surface area contributed by atoms with E-state index in [4.69, 9.17) is 15.3 Å². The van der Waals surface area contributed by atoms with Crippen LogP contribution >= 0.6 is 0 Å². The lowest BCUT2D eigenvalue weighted by Crippen LogP contribution is -2.37. The normalized spacial score (nSPS) is 12.2. The van der Waals surface area contributed by atoms with E-state index >= 15 is 0 Å². The highest BCUT2D eigenvalue weighted by atomic mass is 16.4. The van der Waals surface area contributed by atoms with Crippen molar-refractivity contribution in [3.05, 3.63) is 0 Å². The summed E-state index contributed by atoms with van der Waals surface area (Å²) in [6, 6.07) is 0. The first-order chi connectivity index (χ1) is 5.07. The van der Waals surface area contributed by atoms with Crippen molar-refractivity contribution in [3.63, 3.8) is 0 Å². The fourth-order valence-electron chi connectivity index (χ4n) is 0.351. The predicted molar refractivity (Wildman–Crippen MR) is 33.7 cm³/mol. The number of carboxylic acids is 1. The van der Waals surface area contributed by atoms with Crippen LogP contribution in [0.5, 0.6) is 0 Å². The number of aliphatic hydroxyl groups is 2. The summed E-state index contributed by atoms with van der Waals surface area (Å²) in [4.78, 5) is 20.1. The fraction of sp³-hybridized carbons (Fsp3) is 0.600. The smallest absolute Gasteiger partial charge is 0.394 e. The number of amides is 1. The number of nitrogens with one attached hydrogen (secondary N) is 1. The third kappa shape index (κ3) is 4.29. The van der Waals surface area contributed by atoms with Crippen LogP contribution in [0.4, 0.5) is 0 Å².